The van der Waals surface area contributed by atoms with Crippen molar-refractivity contribution in [3.05, 3.63) is 0 Å². The van der Waals surface area contributed by atoms with Gasteiger partial charge in [0.25, 0.3) is 0 Å². The molecule has 0 aliphatic heterocycles. The van der Waals surface area contributed by atoms with Crippen molar-refractivity contribution < 1.29 is 23.9 Å². The fourth-order valence-electron chi connectivity index (χ4n) is 1.56. The second-order valence-corrected chi connectivity index (χ2v) is 6.13. The highest BCUT2D eigenvalue weighted by atomic mass is 16.6. The van der Waals surface area contributed by atoms with Crippen LogP contribution < -0.4 is 5.32 Å². The Labute approximate surface area is 126 Å². The Morgan fingerprint density at radius 1 is 1.10 bits per heavy atom. The Bertz CT molecular complexity index is 371. The monoisotopic (exact) mass is 301 g/mol. The summed E-state index contributed by atoms with van der Waals surface area (Å²) in [5.74, 6) is -1.37. The Kier molecular flexibility index (Phi) is 7.99. The number of amides is 1. The summed E-state index contributed by atoms with van der Waals surface area (Å²) in [6, 6.07) is -0.723. The van der Waals surface area contributed by atoms with Crippen LogP contribution in [0.5, 0.6) is 0 Å². The zero-order valence-corrected chi connectivity index (χ0v) is 13.8. The first-order valence-electron chi connectivity index (χ1n) is 7.24. The molecule has 0 unspecified atom stereocenters. The summed E-state index contributed by atoms with van der Waals surface area (Å²) in [5, 5.41) is 2.62. The molecule has 1 N–H and O–H groups in total. The predicted octanol–water partition coefficient (Wildman–Crippen LogP) is 1.81. The number of carbonyl (C=O) groups excluding carboxylic acids is 3. The standard InChI is InChI=1S/C15H27NO5/c1-7-20-12(18)9-8-11(17)16-13(10(2)3)14(19)21-15(4,5)6/h10,13H,7-9H2,1-6H3,(H,16,17)/t13-/m1/s1. The van der Waals surface area contributed by atoms with Crippen molar-refractivity contribution in [1.29, 1.82) is 0 Å². The van der Waals surface area contributed by atoms with Crippen LogP contribution >= 0.6 is 0 Å². The van der Waals surface area contributed by atoms with Gasteiger partial charge in [-0.3, -0.25) is 9.59 Å². The van der Waals surface area contributed by atoms with Gasteiger partial charge in [0, 0.05) is 6.42 Å². The van der Waals surface area contributed by atoms with Crippen LogP contribution in [0.4, 0.5) is 0 Å². The number of carbonyl (C=O) groups is 3. The molecule has 6 heteroatoms. The van der Waals surface area contributed by atoms with E-state index in [0.717, 1.165) is 0 Å². The third-order valence-corrected chi connectivity index (χ3v) is 2.51. The van der Waals surface area contributed by atoms with E-state index in [0.29, 0.717) is 0 Å². The van der Waals surface area contributed by atoms with Crippen molar-refractivity contribution in [2.45, 2.75) is 66.0 Å². The summed E-state index contributed by atoms with van der Waals surface area (Å²) in [6.45, 7) is 10.9. The maximum atomic E-state index is 12.0. The van der Waals surface area contributed by atoms with Crippen molar-refractivity contribution in [2.24, 2.45) is 5.92 Å². The summed E-state index contributed by atoms with van der Waals surface area (Å²) in [5.41, 5.74) is -0.611. The average Bonchev–Trinajstić information content (AvgIpc) is 2.31. The molecule has 1 amide bonds. The Balaban J connectivity index is 4.47. The van der Waals surface area contributed by atoms with E-state index in [2.05, 4.69) is 5.32 Å². The molecule has 0 aromatic heterocycles. The smallest absolute Gasteiger partial charge is 0.329 e. The molecular weight excluding hydrogens is 274 g/mol. The Morgan fingerprint density at radius 3 is 2.10 bits per heavy atom. The topological polar surface area (TPSA) is 81.7 Å². The van der Waals surface area contributed by atoms with Gasteiger partial charge in [-0.05, 0) is 33.6 Å². The molecule has 6 nitrogen and oxygen atoms in total. The van der Waals surface area contributed by atoms with Gasteiger partial charge in [0.05, 0.1) is 13.0 Å². The lowest BCUT2D eigenvalue weighted by Crippen LogP contribution is -2.47. The maximum Gasteiger partial charge on any atom is 0.329 e. The van der Waals surface area contributed by atoms with Crippen LogP contribution in [0.1, 0.15) is 54.4 Å². The van der Waals surface area contributed by atoms with Crippen LogP contribution in [0.2, 0.25) is 0 Å². The highest BCUT2D eigenvalue weighted by Gasteiger charge is 2.29. The van der Waals surface area contributed by atoms with Gasteiger partial charge in [0.1, 0.15) is 11.6 Å². The number of hydrogen-bond acceptors (Lipinski definition) is 5. The number of nitrogens with one attached hydrogen (secondary N) is 1. The zero-order chi connectivity index (χ0) is 16.6. The third kappa shape index (κ3) is 9.05. The normalized spacial score (nSPS) is 12.7. The van der Waals surface area contributed by atoms with Crippen LogP contribution in [-0.4, -0.2) is 36.1 Å². The minimum atomic E-state index is -0.723. The molecule has 0 fully saturated rings. The summed E-state index contributed by atoms with van der Waals surface area (Å²) >= 11 is 0. The molecule has 0 radical (unpaired) electrons. The van der Waals surface area contributed by atoms with Gasteiger partial charge in [-0.1, -0.05) is 13.8 Å². The molecule has 0 spiro atoms. The largest absolute Gasteiger partial charge is 0.466 e. The second kappa shape index (κ2) is 8.64. The van der Waals surface area contributed by atoms with E-state index in [1.807, 2.05) is 13.8 Å². The molecule has 0 aromatic rings. The molecule has 0 saturated carbocycles. The van der Waals surface area contributed by atoms with E-state index >= 15 is 0 Å². The van der Waals surface area contributed by atoms with Gasteiger partial charge in [0.2, 0.25) is 5.91 Å². The summed E-state index contributed by atoms with van der Waals surface area (Å²) in [7, 11) is 0. The minimum Gasteiger partial charge on any atom is -0.466 e. The lowest BCUT2D eigenvalue weighted by molar-refractivity contribution is -0.160. The average molecular weight is 301 g/mol. The highest BCUT2D eigenvalue weighted by Crippen LogP contribution is 2.12. The van der Waals surface area contributed by atoms with Gasteiger partial charge in [-0.15, -0.1) is 0 Å². The summed E-state index contributed by atoms with van der Waals surface area (Å²) in [4.78, 5) is 35.1. The van der Waals surface area contributed by atoms with Gasteiger partial charge in [-0.2, -0.15) is 0 Å². The fraction of sp³-hybridized carbons (Fsp3) is 0.800. The van der Waals surface area contributed by atoms with Gasteiger partial charge in [0.15, 0.2) is 0 Å². The van der Waals surface area contributed by atoms with E-state index < -0.39 is 23.6 Å². The molecule has 0 aliphatic carbocycles. The first kappa shape index (κ1) is 19.4. The third-order valence-electron chi connectivity index (χ3n) is 2.51. The molecule has 0 heterocycles. The molecular formula is C15H27NO5. The van der Waals surface area contributed by atoms with E-state index in [1.165, 1.54) is 0 Å². The summed E-state index contributed by atoms with van der Waals surface area (Å²) in [6.07, 6.45) is -0.0103. The first-order valence-corrected chi connectivity index (χ1v) is 7.24. The van der Waals surface area contributed by atoms with Crippen LogP contribution in [0, 0.1) is 5.92 Å². The van der Waals surface area contributed by atoms with Crippen LogP contribution in [0.3, 0.4) is 0 Å². The van der Waals surface area contributed by atoms with Crippen molar-refractivity contribution in [2.75, 3.05) is 6.61 Å². The molecule has 0 rings (SSSR count). The fourth-order valence-corrected chi connectivity index (χ4v) is 1.56. The van der Waals surface area contributed by atoms with Crippen molar-refractivity contribution >= 4 is 17.8 Å². The molecule has 1 atom stereocenters. The molecule has 0 aliphatic rings. The second-order valence-electron chi connectivity index (χ2n) is 6.13. The molecule has 21 heavy (non-hydrogen) atoms. The molecule has 0 aromatic carbocycles. The lowest BCUT2D eigenvalue weighted by Gasteiger charge is -2.26. The number of hydrogen-bond donors (Lipinski definition) is 1. The molecule has 0 bridgehead atoms. The lowest BCUT2D eigenvalue weighted by atomic mass is 10.0. The zero-order valence-electron chi connectivity index (χ0n) is 13.8. The highest BCUT2D eigenvalue weighted by molar-refractivity contribution is 5.86. The van der Waals surface area contributed by atoms with E-state index in [-0.39, 0.29) is 31.3 Å². The van der Waals surface area contributed by atoms with E-state index in [9.17, 15) is 14.4 Å². The first-order chi connectivity index (χ1) is 9.56. The Morgan fingerprint density at radius 2 is 1.67 bits per heavy atom. The van der Waals surface area contributed by atoms with Crippen molar-refractivity contribution in [3.8, 4) is 0 Å². The van der Waals surface area contributed by atoms with E-state index in [4.69, 9.17) is 9.47 Å². The Hall–Kier alpha value is -1.59. The van der Waals surface area contributed by atoms with Gasteiger partial charge < -0.3 is 14.8 Å². The maximum absolute atomic E-state index is 12.0. The van der Waals surface area contributed by atoms with Crippen LogP contribution in [-0.2, 0) is 23.9 Å². The number of ether oxygens (including phenoxy) is 2. The van der Waals surface area contributed by atoms with Crippen LogP contribution in [0.25, 0.3) is 0 Å². The van der Waals surface area contributed by atoms with Gasteiger partial charge >= 0.3 is 11.9 Å². The number of rotatable bonds is 7. The van der Waals surface area contributed by atoms with Crippen molar-refractivity contribution in [3.63, 3.8) is 0 Å². The number of esters is 2. The van der Waals surface area contributed by atoms with Gasteiger partial charge in [-0.25, -0.2) is 4.79 Å². The quantitative estimate of drug-likeness (QED) is 0.725. The van der Waals surface area contributed by atoms with Crippen molar-refractivity contribution in [1.82, 2.24) is 5.32 Å². The minimum absolute atomic E-state index is 0.00118. The van der Waals surface area contributed by atoms with E-state index in [1.54, 1.807) is 27.7 Å². The summed E-state index contributed by atoms with van der Waals surface area (Å²) < 4.78 is 10.0. The molecule has 0 saturated heterocycles. The SMILES string of the molecule is CCOC(=O)CCC(=O)N[C@@H](C(=O)OC(C)(C)C)C(C)C. The predicted molar refractivity (Wildman–Crippen MR) is 78.5 cm³/mol. The molecule has 122 valence electrons. The van der Waals surface area contributed by atoms with Crippen LogP contribution in [0.15, 0.2) is 0 Å².